The summed E-state index contributed by atoms with van der Waals surface area (Å²) >= 11 is 6.09. The van der Waals surface area contributed by atoms with Gasteiger partial charge < -0.3 is 10.6 Å². The summed E-state index contributed by atoms with van der Waals surface area (Å²) in [6, 6.07) is 15.3. The van der Waals surface area contributed by atoms with Gasteiger partial charge in [-0.05, 0) is 37.6 Å². The SMILES string of the molecule is CC(C)Nc1ccccc1C(=O)NCc1ccccc1Cl. The molecule has 110 valence electrons. The highest BCUT2D eigenvalue weighted by Gasteiger charge is 2.11. The summed E-state index contributed by atoms with van der Waals surface area (Å²) in [6.45, 7) is 4.49. The largest absolute Gasteiger partial charge is 0.382 e. The molecule has 0 radical (unpaired) electrons. The maximum absolute atomic E-state index is 12.3. The lowest BCUT2D eigenvalue weighted by molar-refractivity contribution is 0.0951. The van der Waals surface area contributed by atoms with Crippen LogP contribution in [0.15, 0.2) is 48.5 Å². The predicted molar refractivity (Wildman–Crippen MR) is 87.8 cm³/mol. The minimum absolute atomic E-state index is 0.112. The van der Waals surface area contributed by atoms with Crippen LogP contribution < -0.4 is 10.6 Å². The van der Waals surface area contributed by atoms with Gasteiger partial charge in [0, 0.05) is 23.3 Å². The predicted octanol–water partition coefficient (Wildman–Crippen LogP) is 4.09. The summed E-state index contributed by atoms with van der Waals surface area (Å²) < 4.78 is 0. The van der Waals surface area contributed by atoms with E-state index in [1.54, 1.807) is 0 Å². The van der Waals surface area contributed by atoms with E-state index in [1.807, 2.05) is 62.4 Å². The molecule has 0 aliphatic rings. The van der Waals surface area contributed by atoms with E-state index in [0.717, 1.165) is 11.3 Å². The molecule has 2 N–H and O–H groups in total. The Hall–Kier alpha value is -2.00. The number of carbonyl (C=O) groups excluding carboxylic acids is 1. The average Bonchev–Trinajstić information content (AvgIpc) is 2.46. The van der Waals surface area contributed by atoms with Crippen LogP contribution in [0.3, 0.4) is 0 Å². The zero-order valence-corrected chi connectivity index (χ0v) is 12.9. The second-order valence-corrected chi connectivity index (χ2v) is 5.53. The normalized spacial score (nSPS) is 10.5. The highest BCUT2D eigenvalue weighted by molar-refractivity contribution is 6.31. The first-order valence-corrected chi connectivity index (χ1v) is 7.33. The van der Waals surface area contributed by atoms with E-state index in [4.69, 9.17) is 11.6 Å². The first-order valence-electron chi connectivity index (χ1n) is 6.95. The maximum Gasteiger partial charge on any atom is 0.253 e. The summed E-state index contributed by atoms with van der Waals surface area (Å²) in [7, 11) is 0. The first kappa shape index (κ1) is 15.4. The molecule has 21 heavy (non-hydrogen) atoms. The molecule has 0 unspecified atom stereocenters. The van der Waals surface area contributed by atoms with Gasteiger partial charge >= 0.3 is 0 Å². The van der Waals surface area contributed by atoms with E-state index in [0.29, 0.717) is 17.1 Å². The highest BCUT2D eigenvalue weighted by atomic mass is 35.5. The topological polar surface area (TPSA) is 41.1 Å². The summed E-state index contributed by atoms with van der Waals surface area (Å²) in [4.78, 5) is 12.3. The molecule has 0 saturated heterocycles. The van der Waals surface area contributed by atoms with Gasteiger partial charge in [0.05, 0.1) is 5.56 Å². The van der Waals surface area contributed by atoms with E-state index < -0.39 is 0 Å². The third-order valence-corrected chi connectivity index (χ3v) is 3.38. The van der Waals surface area contributed by atoms with Crippen molar-refractivity contribution in [3.05, 3.63) is 64.7 Å². The van der Waals surface area contributed by atoms with E-state index in [9.17, 15) is 4.79 Å². The van der Waals surface area contributed by atoms with Gasteiger partial charge in [0.1, 0.15) is 0 Å². The molecular weight excluding hydrogens is 284 g/mol. The Labute approximate surface area is 130 Å². The first-order chi connectivity index (χ1) is 10.1. The Balaban J connectivity index is 2.09. The highest BCUT2D eigenvalue weighted by Crippen LogP contribution is 2.17. The van der Waals surface area contributed by atoms with E-state index in [1.165, 1.54) is 0 Å². The van der Waals surface area contributed by atoms with E-state index >= 15 is 0 Å². The van der Waals surface area contributed by atoms with Crippen molar-refractivity contribution in [3.63, 3.8) is 0 Å². The monoisotopic (exact) mass is 302 g/mol. The summed E-state index contributed by atoms with van der Waals surface area (Å²) in [5.74, 6) is -0.112. The molecule has 0 aromatic heterocycles. The van der Waals surface area contributed by atoms with Crippen LogP contribution in [0.1, 0.15) is 29.8 Å². The quantitative estimate of drug-likeness (QED) is 0.873. The molecule has 2 aromatic rings. The molecule has 0 saturated carbocycles. The molecule has 0 heterocycles. The fourth-order valence-electron chi connectivity index (χ4n) is 2.03. The lowest BCUT2D eigenvalue weighted by atomic mass is 10.1. The van der Waals surface area contributed by atoms with Crippen molar-refractivity contribution >= 4 is 23.2 Å². The summed E-state index contributed by atoms with van der Waals surface area (Å²) in [5.41, 5.74) is 2.38. The van der Waals surface area contributed by atoms with Gasteiger partial charge in [0.15, 0.2) is 0 Å². The molecule has 2 rings (SSSR count). The van der Waals surface area contributed by atoms with Crippen molar-refractivity contribution in [2.75, 3.05) is 5.32 Å². The standard InChI is InChI=1S/C17H19ClN2O/c1-12(2)20-16-10-6-4-8-14(16)17(21)19-11-13-7-3-5-9-15(13)18/h3-10,12,20H,11H2,1-2H3,(H,19,21). The number of carbonyl (C=O) groups is 1. The third kappa shape index (κ3) is 4.23. The number of nitrogens with one attached hydrogen (secondary N) is 2. The van der Waals surface area contributed by atoms with Crippen molar-refractivity contribution in [2.45, 2.75) is 26.4 Å². The van der Waals surface area contributed by atoms with Crippen LogP contribution >= 0.6 is 11.6 Å². The van der Waals surface area contributed by atoms with E-state index in [-0.39, 0.29) is 11.9 Å². The van der Waals surface area contributed by atoms with Crippen molar-refractivity contribution in [2.24, 2.45) is 0 Å². The van der Waals surface area contributed by atoms with Gasteiger partial charge in [-0.2, -0.15) is 0 Å². The van der Waals surface area contributed by atoms with Gasteiger partial charge in [0.25, 0.3) is 5.91 Å². The lowest BCUT2D eigenvalue weighted by Gasteiger charge is -2.14. The molecule has 2 aromatic carbocycles. The minimum atomic E-state index is -0.112. The molecule has 4 heteroatoms. The Morgan fingerprint density at radius 3 is 2.48 bits per heavy atom. The molecule has 0 fully saturated rings. The lowest BCUT2D eigenvalue weighted by Crippen LogP contribution is -2.24. The molecule has 1 amide bonds. The van der Waals surface area contributed by atoms with Gasteiger partial charge in [-0.25, -0.2) is 0 Å². The Morgan fingerprint density at radius 2 is 1.76 bits per heavy atom. The van der Waals surface area contributed by atoms with Crippen LogP contribution in [0, 0.1) is 0 Å². The zero-order valence-electron chi connectivity index (χ0n) is 12.2. The van der Waals surface area contributed by atoms with Crippen molar-refractivity contribution in [3.8, 4) is 0 Å². The Kier molecular flexibility index (Phi) is 5.23. The second kappa shape index (κ2) is 7.14. The van der Waals surface area contributed by atoms with Crippen LogP contribution in [0.2, 0.25) is 5.02 Å². The van der Waals surface area contributed by atoms with Gasteiger partial charge in [-0.3, -0.25) is 4.79 Å². The van der Waals surface area contributed by atoms with Crippen LogP contribution in [-0.4, -0.2) is 11.9 Å². The molecule has 0 atom stereocenters. The molecule has 0 bridgehead atoms. The molecule has 0 spiro atoms. The fourth-order valence-corrected chi connectivity index (χ4v) is 2.23. The van der Waals surface area contributed by atoms with Crippen molar-refractivity contribution < 1.29 is 4.79 Å². The number of hydrogen-bond acceptors (Lipinski definition) is 2. The van der Waals surface area contributed by atoms with Crippen LogP contribution in [-0.2, 0) is 6.54 Å². The number of anilines is 1. The minimum Gasteiger partial charge on any atom is -0.382 e. The molecule has 0 aliphatic carbocycles. The number of hydrogen-bond donors (Lipinski definition) is 2. The second-order valence-electron chi connectivity index (χ2n) is 5.12. The number of rotatable bonds is 5. The maximum atomic E-state index is 12.3. The average molecular weight is 303 g/mol. The third-order valence-electron chi connectivity index (χ3n) is 3.01. The van der Waals surface area contributed by atoms with Gasteiger partial charge in [-0.1, -0.05) is 41.9 Å². The van der Waals surface area contributed by atoms with Gasteiger partial charge in [0.2, 0.25) is 0 Å². The molecule has 0 aliphatic heterocycles. The number of para-hydroxylation sites is 1. The Bertz CT molecular complexity index is 626. The number of benzene rings is 2. The van der Waals surface area contributed by atoms with Crippen LogP contribution in [0.4, 0.5) is 5.69 Å². The summed E-state index contributed by atoms with van der Waals surface area (Å²) in [5, 5.41) is 6.84. The zero-order chi connectivity index (χ0) is 15.2. The molecule has 3 nitrogen and oxygen atoms in total. The van der Waals surface area contributed by atoms with E-state index in [2.05, 4.69) is 10.6 Å². The smallest absolute Gasteiger partial charge is 0.253 e. The number of amides is 1. The van der Waals surface area contributed by atoms with Crippen LogP contribution in [0.5, 0.6) is 0 Å². The van der Waals surface area contributed by atoms with Crippen molar-refractivity contribution in [1.29, 1.82) is 0 Å². The van der Waals surface area contributed by atoms with Gasteiger partial charge in [-0.15, -0.1) is 0 Å². The Morgan fingerprint density at radius 1 is 1.10 bits per heavy atom. The molecular formula is C17H19ClN2O. The number of halogens is 1. The van der Waals surface area contributed by atoms with Crippen molar-refractivity contribution in [1.82, 2.24) is 5.32 Å². The fraction of sp³-hybridized carbons (Fsp3) is 0.235. The summed E-state index contributed by atoms with van der Waals surface area (Å²) in [6.07, 6.45) is 0. The van der Waals surface area contributed by atoms with Crippen LogP contribution in [0.25, 0.3) is 0 Å².